The smallest absolute Gasteiger partial charge is 0.336 e. The highest BCUT2D eigenvalue weighted by Gasteiger charge is 2.12. The van der Waals surface area contributed by atoms with Gasteiger partial charge in [0, 0.05) is 0 Å². The third kappa shape index (κ3) is 2.18. The van der Waals surface area contributed by atoms with Crippen LogP contribution in [0.25, 0.3) is 0 Å². The maximum Gasteiger partial charge on any atom is 0.336 e. The molecule has 0 saturated heterocycles. The number of carbonyl (C=O) groups is 1. The molecule has 1 N–H and O–H groups in total. The standard InChI is InChI=1S/C10H9BrO2/c1-2-9(11)7-5-3-4-6-8(7)10(12)13/h2-6,9H,1H2,(H,12,13). The van der Waals surface area contributed by atoms with E-state index in [2.05, 4.69) is 22.5 Å². The molecule has 3 heteroatoms. The molecule has 2 nitrogen and oxygen atoms in total. The molecule has 68 valence electrons. The summed E-state index contributed by atoms with van der Waals surface area (Å²) in [4.78, 5) is 10.7. The molecule has 13 heavy (non-hydrogen) atoms. The molecule has 0 bridgehead atoms. The van der Waals surface area contributed by atoms with Crippen LogP contribution in [0.1, 0.15) is 20.7 Å². The molecule has 1 aromatic rings. The van der Waals surface area contributed by atoms with Gasteiger partial charge in [-0.2, -0.15) is 0 Å². The Balaban J connectivity index is 3.19. The number of hydrogen-bond acceptors (Lipinski definition) is 1. The van der Waals surface area contributed by atoms with Crippen LogP contribution < -0.4 is 0 Å². The van der Waals surface area contributed by atoms with Crippen molar-refractivity contribution in [3.63, 3.8) is 0 Å². The van der Waals surface area contributed by atoms with Crippen molar-refractivity contribution < 1.29 is 9.90 Å². The van der Waals surface area contributed by atoms with Gasteiger partial charge in [-0.05, 0) is 11.6 Å². The zero-order valence-corrected chi connectivity index (χ0v) is 8.49. The van der Waals surface area contributed by atoms with Crippen molar-refractivity contribution in [1.29, 1.82) is 0 Å². The van der Waals surface area contributed by atoms with E-state index in [1.807, 2.05) is 0 Å². The Labute approximate surface area is 85.0 Å². The molecule has 0 aliphatic carbocycles. The highest BCUT2D eigenvalue weighted by atomic mass is 79.9. The van der Waals surface area contributed by atoms with Crippen molar-refractivity contribution in [1.82, 2.24) is 0 Å². The molecule has 0 saturated carbocycles. The number of carboxylic acid groups (broad SMARTS) is 1. The fraction of sp³-hybridized carbons (Fsp3) is 0.100. The lowest BCUT2D eigenvalue weighted by Gasteiger charge is -2.07. The van der Waals surface area contributed by atoms with Crippen LogP contribution in [0.2, 0.25) is 0 Å². The second-order valence-electron chi connectivity index (χ2n) is 2.53. The van der Waals surface area contributed by atoms with Gasteiger partial charge in [0.1, 0.15) is 0 Å². The Kier molecular flexibility index (Phi) is 3.25. The third-order valence-corrected chi connectivity index (χ3v) is 2.56. The van der Waals surface area contributed by atoms with Crippen molar-refractivity contribution >= 4 is 21.9 Å². The van der Waals surface area contributed by atoms with E-state index in [-0.39, 0.29) is 4.83 Å². The number of aromatic carboxylic acids is 1. The zero-order chi connectivity index (χ0) is 9.84. The zero-order valence-electron chi connectivity index (χ0n) is 6.90. The van der Waals surface area contributed by atoms with Gasteiger partial charge in [-0.25, -0.2) is 4.79 Å². The molecule has 1 aromatic carbocycles. The number of allylic oxidation sites excluding steroid dienone is 1. The molecule has 0 spiro atoms. The first-order valence-corrected chi connectivity index (χ1v) is 4.67. The van der Waals surface area contributed by atoms with Gasteiger partial charge in [0.2, 0.25) is 0 Å². The Morgan fingerprint density at radius 1 is 1.54 bits per heavy atom. The number of halogens is 1. The summed E-state index contributed by atoms with van der Waals surface area (Å²) in [5, 5.41) is 8.85. The molecule has 0 aromatic heterocycles. The van der Waals surface area contributed by atoms with Gasteiger partial charge in [-0.1, -0.05) is 40.2 Å². The Morgan fingerprint density at radius 2 is 2.15 bits per heavy atom. The lowest BCUT2D eigenvalue weighted by atomic mass is 10.1. The lowest BCUT2D eigenvalue weighted by Crippen LogP contribution is -2.02. The van der Waals surface area contributed by atoms with Crippen LogP contribution in [-0.4, -0.2) is 11.1 Å². The SMILES string of the molecule is C=CC(Br)c1ccccc1C(=O)O. The largest absolute Gasteiger partial charge is 0.478 e. The topological polar surface area (TPSA) is 37.3 Å². The normalized spacial score (nSPS) is 12.1. The Morgan fingerprint density at radius 3 is 2.69 bits per heavy atom. The van der Waals surface area contributed by atoms with Crippen molar-refractivity contribution in [2.24, 2.45) is 0 Å². The van der Waals surface area contributed by atoms with E-state index in [0.717, 1.165) is 5.56 Å². The summed E-state index contributed by atoms with van der Waals surface area (Å²) < 4.78 is 0. The maximum absolute atomic E-state index is 10.8. The molecule has 1 unspecified atom stereocenters. The molecule has 1 atom stereocenters. The molecular formula is C10H9BrO2. The first kappa shape index (κ1) is 9.99. The number of carboxylic acids is 1. The summed E-state index contributed by atoms with van der Waals surface area (Å²) in [5.74, 6) is -0.915. The van der Waals surface area contributed by atoms with E-state index < -0.39 is 5.97 Å². The molecule has 0 radical (unpaired) electrons. The minimum Gasteiger partial charge on any atom is -0.478 e. The molecular weight excluding hydrogens is 232 g/mol. The predicted molar refractivity (Wildman–Crippen MR) is 55.3 cm³/mol. The molecule has 0 amide bonds. The first-order valence-electron chi connectivity index (χ1n) is 3.75. The van der Waals surface area contributed by atoms with Gasteiger partial charge in [-0.15, -0.1) is 6.58 Å². The number of benzene rings is 1. The molecule has 1 rings (SSSR count). The van der Waals surface area contributed by atoms with Crippen LogP contribution in [0.4, 0.5) is 0 Å². The summed E-state index contributed by atoms with van der Waals surface area (Å²) in [7, 11) is 0. The Bertz CT molecular complexity index is 333. The van der Waals surface area contributed by atoms with Crippen LogP contribution in [0, 0.1) is 0 Å². The van der Waals surface area contributed by atoms with Crippen LogP contribution in [0.15, 0.2) is 36.9 Å². The number of hydrogen-bond donors (Lipinski definition) is 1. The monoisotopic (exact) mass is 240 g/mol. The molecule has 0 aliphatic heterocycles. The molecule has 0 heterocycles. The predicted octanol–water partition coefficient (Wildman–Crippen LogP) is 3.01. The van der Waals surface area contributed by atoms with Crippen molar-refractivity contribution in [3.8, 4) is 0 Å². The van der Waals surface area contributed by atoms with E-state index >= 15 is 0 Å². The fourth-order valence-electron chi connectivity index (χ4n) is 1.06. The molecule has 0 aliphatic rings. The van der Waals surface area contributed by atoms with Crippen LogP contribution in [0.5, 0.6) is 0 Å². The minimum absolute atomic E-state index is 0.111. The average molecular weight is 241 g/mol. The van der Waals surface area contributed by atoms with E-state index in [1.54, 1.807) is 30.3 Å². The van der Waals surface area contributed by atoms with Gasteiger partial charge < -0.3 is 5.11 Å². The lowest BCUT2D eigenvalue weighted by molar-refractivity contribution is 0.0696. The van der Waals surface area contributed by atoms with Crippen LogP contribution in [-0.2, 0) is 0 Å². The summed E-state index contributed by atoms with van der Waals surface area (Å²) in [6, 6.07) is 6.86. The highest BCUT2D eigenvalue weighted by molar-refractivity contribution is 9.09. The third-order valence-electron chi connectivity index (χ3n) is 1.70. The minimum atomic E-state index is -0.915. The second kappa shape index (κ2) is 4.23. The summed E-state index contributed by atoms with van der Waals surface area (Å²) in [5.41, 5.74) is 1.04. The second-order valence-corrected chi connectivity index (χ2v) is 3.52. The van der Waals surface area contributed by atoms with Crippen LogP contribution in [0.3, 0.4) is 0 Å². The van der Waals surface area contributed by atoms with E-state index in [9.17, 15) is 4.79 Å². The van der Waals surface area contributed by atoms with Gasteiger partial charge in [0.25, 0.3) is 0 Å². The van der Waals surface area contributed by atoms with Crippen LogP contribution >= 0.6 is 15.9 Å². The quantitative estimate of drug-likeness (QED) is 0.652. The number of alkyl halides is 1. The van der Waals surface area contributed by atoms with Crippen molar-refractivity contribution in [2.45, 2.75) is 4.83 Å². The van der Waals surface area contributed by atoms with Crippen molar-refractivity contribution in [2.75, 3.05) is 0 Å². The van der Waals surface area contributed by atoms with E-state index in [1.165, 1.54) is 0 Å². The van der Waals surface area contributed by atoms with Gasteiger partial charge in [-0.3, -0.25) is 0 Å². The fourth-order valence-corrected chi connectivity index (χ4v) is 1.46. The molecule has 0 fully saturated rings. The van der Waals surface area contributed by atoms with E-state index in [4.69, 9.17) is 5.11 Å². The summed E-state index contributed by atoms with van der Waals surface area (Å²) >= 11 is 3.32. The first-order chi connectivity index (χ1) is 6.16. The van der Waals surface area contributed by atoms with Gasteiger partial charge in [0.15, 0.2) is 0 Å². The summed E-state index contributed by atoms with van der Waals surface area (Å²) in [6.45, 7) is 3.60. The van der Waals surface area contributed by atoms with Gasteiger partial charge in [0.05, 0.1) is 10.4 Å². The highest BCUT2D eigenvalue weighted by Crippen LogP contribution is 2.26. The average Bonchev–Trinajstić information content (AvgIpc) is 2.16. The summed E-state index contributed by atoms with van der Waals surface area (Å²) in [6.07, 6.45) is 1.65. The number of rotatable bonds is 3. The Hall–Kier alpha value is -1.09. The van der Waals surface area contributed by atoms with Gasteiger partial charge >= 0.3 is 5.97 Å². The van der Waals surface area contributed by atoms with Crippen molar-refractivity contribution in [3.05, 3.63) is 48.0 Å². The maximum atomic E-state index is 10.8. The van der Waals surface area contributed by atoms with E-state index in [0.29, 0.717) is 5.56 Å².